The summed E-state index contributed by atoms with van der Waals surface area (Å²) in [6, 6.07) is 11.4. The molecule has 3 atom stereocenters. The molecule has 1 N–H and O–H groups in total. The minimum atomic E-state index is -0.539. The van der Waals surface area contributed by atoms with Gasteiger partial charge in [-0.15, -0.1) is 0 Å². The van der Waals surface area contributed by atoms with Gasteiger partial charge in [0.05, 0.1) is 30.9 Å². The highest BCUT2D eigenvalue weighted by Gasteiger charge is 2.42. The highest BCUT2D eigenvalue weighted by atomic mass is 16.5. The van der Waals surface area contributed by atoms with Crippen LogP contribution in [0.5, 0.6) is 0 Å². The van der Waals surface area contributed by atoms with Crippen LogP contribution in [0.2, 0.25) is 0 Å². The maximum absolute atomic E-state index is 12.9. The average Bonchev–Trinajstić information content (AvgIpc) is 3.08. The molecule has 0 spiro atoms. The molecule has 1 saturated carbocycles. The maximum Gasteiger partial charge on any atom is 0.272 e. The number of fused-ring (bicyclic) bond motifs is 1. The average molecular weight is 355 g/mol. The monoisotopic (exact) mass is 355 g/mol. The van der Waals surface area contributed by atoms with Gasteiger partial charge in [-0.1, -0.05) is 24.3 Å². The van der Waals surface area contributed by atoms with Crippen LogP contribution in [0.25, 0.3) is 10.9 Å². The van der Waals surface area contributed by atoms with Crippen LogP contribution < -0.4 is 0 Å². The fraction of sp³-hybridized carbons (Fsp3) is 0.500. The van der Waals surface area contributed by atoms with Crippen molar-refractivity contribution < 1.29 is 14.6 Å². The Morgan fingerprint density at radius 1 is 1.19 bits per heavy atom. The van der Waals surface area contributed by atoms with E-state index < -0.39 is 6.10 Å². The summed E-state index contributed by atoms with van der Waals surface area (Å²) in [5, 5.41) is 11.9. The molecular weight excluding hydrogens is 330 g/mol. The number of nitrogens with zero attached hydrogens (tertiary/aromatic N) is 3. The molecule has 138 valence electrons. The van der Waals surface area contributed by atoms with Gasteiger partial charge in [-0.3, -0.25) is 9.69 Å². The topological polar surface area (TPSA) is 65.9 Å². The Morgan fingerprint density at radius 2 is 1.96 bits per heavy atom. The van der Waals surface area contributed by atoms with Gasteiger partial charge in [0, 0.05) is 31.6 Å². The summed E-state index contributed by atoms with van der Waals surface area (Å²) < 4.78 is 5.40. The Bertz CT molecular complexity index is 791. The molecule has 2 aromatic rings. The van der Waals surface area contributed by atoms with Gasteiger partial charge in [-0.25, -0.2) is 4.98 Å². The van der Waals surface area contributed by atoms with Gasteiger partial charge in [-0.05, 0) is 25.0 Å². The number of pyridine rings is 1. The van der Waals surface area contributed by atoms with Gasteiger partial charge in [0.15, 0.2) is 0 Å². The van der Waals surface area contributed by atoms with E-state index in [-0.39, 0.29) is 18.0 Å². The van der Waals surface area contributed by atoms with Crippen LogP contribution >= 0.6 is 0 Å². The number of ether oxygens (including phenoxy) is 1. The third-order valence-corrected chi connectivity index (χ3v) is 5.70. The second-order valence-electron chi connectivity index (χ2n) is 7.16. The molecule has 0 radical (unpaired) electrons. The third kappa shape index (κ3) is 3.20. The fourth-order valence-corrected chi connectivity index (χ4v) is 4.19. The molecule has 1 aromatic heterocycles. The number of morpholine rings is 1. The van der Waals surface area contributed by atoms with Crippen LogP contribution in [-0.2, 0) is 4.74 Å². The van der Waals surface area contributed by atoms with E-state index in [2.05, 4.69) is 9.88 Å². The van der Waals surface area contributed by atoms with Gasteiger partial charge in [0.2, 0.25) is 0 Å². The smallest absolute Gasteiger partial charge is 0.272 e. The molecule has 1 amide bonds. The molecule has 0 unspecified atom stereocenters. The lowest BCUT2D eigenvalue weighted by atomic mass is 10.1. The number of aliphatic hydroxyl groups excluding tert-OH is 1. The molecule has 1 saturated heterocycles. The third-order valence-electron chi connectivity index (χ3n) is 5.70. The van der Waals surface area contributed by atoms with Crippen molar-refractivity contribution in [1.82, 2.24) is 14.8 Å². The first-order chi connectivity index (χ1) is 12.6. The van der Waals surface area contributed by atoms with Crippen molar-refractivity contribution >= 4 is 16.8 Å². The fourth-order valence-electron chi connectivity index (χ4n) is 4.19. The number of benzene rings is 1. The van der Waals surface area contributed by atoms with E-state index in [9.17, 15) is 9.90 Å². The van der Waals surface area contributed by atoms with Crippen LogP contribution in [0.3, 0.4) is 0 Å². The Labute approximate surface area is 153 Å². The second kappa shape index (κ2) is 7.31. The van der Waals surface area contributed by atoms with Crippen molar-refractivity contribution in [3.63, 3.8) is 0 Å². The number of likely N-dealkylation sites (N-methyl/N-ethyl adjacent to an activating group) is 1. The van der Waals surface area contributed by atoms with Gasteiger partial charge >= 0.3 is 0 Å². The van der Waals surface area contributed by atoms with E-state index in [1.54, 1.807) is 18.0 Å². The van der Waals surface area contributed by atoms with Crippen LogP contribution in [0.1, 0.15) is 23.3 Å². The Kier molecular flexibility index (Phi) is 4.89. The summed E-state index contributed by atoms with van der Waals surface area (Å²) in [4.78, 5) is 21.4. The lowest BCUT2D eigenvalue weighted by molar-refractivity contribution is -0.0232. The number of rotatable bonds is 3. The molecule has 26 heavy (non-hydrogen) atoms. The Morgan fingerprint density at radius 3 is 2.77 bits per heavy atom. The van der Waals surface area contributed by atoms with E-state index in [4.69, 9.17) is 4.74 Å². The molecule has 1 aliphatic heterocycles. The predicted octanol–water partition coefficient (Wildman–Crippen LogP) is 1.53. The zero-order chi connectivity index (χ0) is 18.1. The van der Waals surface area contributed by atoms with E-state index in [1.807, 2.05) is 30.3 Å². The summed E-state index contributed by atoms with van der Waals surface area (Å²) >= 11 is 0. The van der Waals surface area contributed by atoms with E-state index in [0.29, 0.717) is 18.9 Å². The van der Waals surface area contributed by atoms with Gasteiger partial charge in [0.1, 0.15) is 5.69 Å². The number of carbonyl (C=O) groups is 1. The molecule has 0 bridgehead atoms. The van der Waals surface area contributed by atoms with Crippen molar-refractivity contribution in [3.8, 4) is 0 Å². The summed E-state index contributed by atoms with van der Waals surface area (Å²) in [6.45, 7) is 3.12. The lowest BCUT2D eigenvalue weighted by Gasteiger charge is -2.36. The van der Waals surface area contributed by atoms with E-state index in [0.717, 1.165) is 36.8 Å². The van der Waals surface area contributed by atoms with Crippen molar-refractivity contribution in [2.45, 2.75) is 31.0 Å². The first kappa shape index (κ1) is 17.4. The largest absolute Gasteiger partial charge is 0.389 e. The number of amides is 1. The van der Waals surface area contributed by atoms with E-state index >= 15 is 0 Å². The van der Waals surface area contributed by atoms with Crippen molar-refractivity contribution in [2.24, 2.45) is 0 Å². The number of aliphatic hydroxyl groups is 1. The minimum Gasteiger partial charge on any atom is -0.389 e. The van der Waals surface area contributed by atoms with Crippen LogP contribution in [0, 0.1) is 0 Å². The molecular formula is C20H25N3O3. The van der Waals surface area contributed by atoms with Crippen molar-refractivity contribution in [1.29, 1.82) is 0 Å². The normalized spacial score (nSPS) is 26.9. The van der Waals surface area contributed by atoms with Gasteiger partial charge in [-0.2, -0.15) is 0 Å². The quantitative estimate of drug-likeness (QED) is 0.905. The molecule has 2 aliphatic rings. The molecule has 6 heteroatoms. The predicted molar refractivity (Wildman–Crippen MR) is 99.0 cm³/mol. The second-order valence-corrected chi connectivity index (χ2v) is 7.16. The highest BCUT2D eigenvalue weighted by Crippen LogP contribution is 2.29. The highest BCUT2D eigenvalue weighted by molar-refractivity contribution is 5.95. The Hall–Kier alpha value is -2.02. The van der Waals surface area contributed by atoms with Crippen LogP contribution in [-0.4, -0.2) is 77.3 Å². The summed E-state index contributed by atoms with van der Waals surface area (Å²) in [5.41, 5.74) is 1.23. The summed E-state index contributed by atoms with van der Waals surface area (Å²) in [7, 11) is 1.77. The number of aromatic nitrogens is 1. The van der Waals surface area contributed by atoms with Gasteiger partial charge in [0.25, 0.3) is 5.91 Å². The van der Waals surface area contributed by atoms with Gasteiger partial charge < -0.3 is 14.7 Å². The molecule has 2 heterocycles. The first-order valence-corrected chi connectivity index (χ1v) is 9.28. The summed E-state index contributed by atoms with van der Waals surface area (Å²) in [5.74, 6) is -0.137. The number of hydrogen-bond donors (Lipinski definition) is 1. The molecule has 1 aromatic carbocycles. The summed E-state index contributed by atoms with van der Waals surface area (Å²) in [6.07, 6.45) is 1.16. The SMILES string of the molecule is CN(C(=O)c1ccc2ccccc2n1)[C@@H]1CC[C@@H](N2CCOCC2)[C@@H]1O. The molecule has 4 rings (SSSR count). The van der Waals surface area contributed by atoms with Crippen molar-refractivity contribution in [2.75, 3.05) is 33.4 Å². The molecule has 1 aliphatic carbocycles. The number of hydrogen-bond acceptors (Lipinski definition) is 5. The van der Waals surface area contributed by atoms with E-state index in [1.165, 1.54) is 0 Å². The van der Waals surface area contributed by atoms with Crippen LogP contribution in [0.15, 0.2) is 36.4 Å². The van der Waals surface area contributed by atoms with Crippen LogP contribution in [0.4, 0.5) is 0 Å². The molecule has 2 fully saturated rings. The zero-order valence-corrected chi connectivity index (χ0v) is 15.0. The molecule has 6 nitrogen and oxygen atoms in total. The minimum absolute atomic E-state index is 0.101. The first-order valence-electron chi connectivity index (χ1n) is 9.28. The van der Waals surface area contributed by atoms with Crippen molar-refractivity contribution in [3.05, 3.63) is 42.1 Å². The standard InChI is InChI=1S/C20H25N3O3/c1-22(17-8-9-18(19(17)24)23-10-12-26-13-11-23)20(25)16-7-6-14-4-2-3-5-15(14)21-16/h2-7,17-19,24H,8-13H2,1H3/t17-,18-,19-/m1/s1. The zero-order valence-electron chi connectivity index (χ0n) is 15.0. The lowest BCUT2D eigenvalue weighted by Crippen LogP contribution is -2.51. The number of carbonyl (C=O) groups excluding carboxylic acids is 1. The Balaban J connectivity index is 1.49. The maximum atomic E-state index is 12.9. The number of para-hydroxylation sites is 1.